The van der Waals surface area contributed by atoms with Crippen molar-refractivity contribution in [2.75, 3.05) is 17.6 Å². The fourth-order valence-corrected chi connectivity index (χ4v) is 2.36. The van der Waals surface area contributed by atoms with Gasteiger partial charge in [-0.25, -0.2) is 14.8 Å². The van der Waals surface area contributed by atoms with Crippen molar-refractivity contribution in [3.8, 4) is 0 Å². The van der Waals surface area contributed by atoms with Crippen LogP contribution in [0.1, 0.15) is 6.42 Å². The smallest absolute Gasteiger partial charge is 0.321 e. The predicted molar refractivity (Wildman–Crippen MR) is 80.8 cm³/mol. The SMILES string of the molecule is O=C(NCCCSc1ccccc1)Nc1ncccn1. The van der Waals surface area contributed by atoms with E-state index in [9.17, 15) is 4.79 Å². The minimum absolute atomic E-state index is 0.277. The summed E-state index contributed by atoms with van der Waals surface area (Å²) in [6.07, 6.45) is 4.07. The van der Waals surface area contributed by atoms with Crippen LogP contribution in [0.15, 0.2) is 53.7 Å². The largest absolute Gasteiger partial charge is 0.338 e. The molecule has 0 unspecified atom stereocenters. The van der Waals surface area contributed by atoms with E-state index in [1.54, 1.807) is 30.2 Å². The lowest BCUT2D eigenvalue weighted by Crippen LogP contribution is -2.30. The number of nitrogens with one attached hydrogen (secondary N) is 2. The van der Waals surface area contributed by atoms with Gasteiger partial charge in [0.1, 0.15) is 0 Å². The maximum absolute atomic E-state index is 11.5. The first kappa shape index (κ1) is 14.3. The molecule has 0 bridgehead atoms. The fourth-order valence-electron chi connectivity index (χ4n) is 1.49. The molecular formula is C14H16N4OS. The highest BCUT2D eigenvalue weighted by Crippen LogP contribution is 2.17. The maximum atomic E-state index is 11.5. The number of aromatic nitrogens is 2. The first-order valence-electron chi connectivity index (χ1n) is 6.34. The number of benzene rings is 1. The standard InChI is InChI=1S/C14H16N4OS/c19-14(18-13-15-8-4-9-16-13)17-10-5-11-20-12-6-2-1-3-7-12/h1-4,6-9H,5,10-11H2,(H2,15,16,17,18,19). The van der Waals surface area contributed by atoms with Gasteiger partial charge >= 0.3 is 6.03 Å². The lowest BCUT2D eigenvalue weighted by atomic mass is 10.4. The molecule has 0 aliphatic heterocycles. The third-order valence-electron chi connectivity index (χ3n) is 2.41. The van der Waals surface area contributed by atoms with Crippen molar-refractivity contribution in [2.45, 2.75) is 11.3 Å². The summed E-state index contributed by atoms with van der Waals surface area (Å²) < 4.78 is 0. The van der Waals surface area contributed by atoms with Crippen LogP contribution in [0.3, 0.4) is 0 Å². The molecule has 20 heavy (non-hydrogen) atoms. The van der Waals surface area contributed by atoms with Gasteiger partial charge in [-0.3, -0.25) is 5.32 Å². The Morgan fingerprint density at radius 1 is 1.10 bits per heavy atom. The molecule has 0 spiro atoms. The summed E-state index contributed by atoms with van der Waals surface area (Å²) in [5.41, 5.74) is 0. The molecule has 0 saturated heterocycles. The molecule has 1 heterocycles. The van der Waals surface area contributed by atoms with E-state index in [1.165, 1.54) is 4.90 Å². The first-order chi connectivity index (χ1) is 9.84. The molecule has 5 nitrogen and oxygen atoms in total. The Kier molecular flexibility index (Phi) is 5.85. The molecule has 2 amide bonds. The quantitative estimate of drug-likeness (QED) is 0.633. The number of hydrogen-bond donors (Lipinski definition) is 2. The molecule has 2 N–H and O–H groups in total. The second-order valence-electron chi connectivity index (χ2n) is 3.97. The van der Waals surface area contributed by atoms with E-state index in [-0.39, 0.29) is 6.03 Å². The van der Waals surface area contributed by atoms with Gasteiger partial charge < -0.3 is 5.32 Å². The van der Waals surface area contributed by atoms with Crippen LogP contribution >= 0.6 is 11.8 Å². The number of amides is 2. The normalized spacial score (nSPS) is 10.0. The van der Waals surface area contributed by atoms with E-state index in [0.717, 1.165) is 12.2 Å². The molecule has 0 fully saturated rings. The number of carbonyl (C=O) groups is 1. The van der Waals surface area contributed by atoms with E-state index >= 15 is 0 Å². The van der Waals surface area contributed by atoms with Crippen molar-refractivity contribution in [3.63, 3.8) is 0 Å². The maximum Gasteiger partial charge on any atom is 0.321 e. The highest BCUT2D eigenvalue weighted by atomic mass is 32.2. The van der Waals surface area contributed by atoms with Gasteiger partial charge in [-0.2, -0.15) is 0 Å². The summed E-state index contributed by atoms with van der Waals surface area (Å²) in [5.74, 6) is 1.27. The number of anilines is 1. The fraction of sp³-hybridized carbons (Fsp3) is 0.214. The number of nitrogens with zero attached hydrogens (tertiary/aromatic N) is 2. The van der Waals surface area contributed by atoms with Crippen LogP contribution < -0.4 is 10.6 Å². The van der Waals surface area contributed by atoms with Crippen molar-refractivity contribution in [1.29, 1.82) is 0 Å². The number of rotatable bonds is 6. The van der Waals surface area contributed by atoms with Gasteiger partial charge in [0, 0.05) is 23.8 Å². The number of urea groups is 1. The number of thioether (sulfide) groups is 1. The van der Waals surface area contributed by atoms with Crippen molar-refractivity contribution in [3.05, 3.63) is 48.8 Å². The Labute approximate surface area is 122 Å². The minimum Gasteiger partial charge on any atom is -0.338 e. The summed E-state index contributed by atoms with van der Waals surface area (Å²) in [5, 5.41) is 5.35. The predicted octanol–water partition coefficient (Wildman–Crippen LogP) is 2.78. The van der Waals surface area contributed by atoms with E-state index in [0.29, 0.717) is 12.5 Å². The van der Waals surface area contributed by atoms with Crippen LogP contribution in [0.25, 0.3) is 0 Å². The number of carbonyl (C=O) groups excluding carboxylic acids is 1. The second-order valence-corrected chi connectivity index (χ2v) is 5.14. The van der Waals surface area contributed by atoms with Crippen molar-refractivity contribution in [1.82, 2.24) is 15.3 Å². The Balaban J connectivity index is 1.58. The molecule has 0 saturated carbocycles. The Morgan fingerprint density at radius 2 is 1.85 bits per heavy atom. The van der Waals surface area contributed by atoms with Gasteiger partial charge in [0.05, 0.1) is 0 Å². The molecule has 0 aliphatic carbocycles. The van der Waals surface area contributed by atoms with Crippen LogP contribution in [0, 0.1) is 0 Å². The van der Waals surface area contributed by atoms with Crippen molar-refractivity contribution < 1.29 is 4.79 Å². The van der Waals surface area contributed by atoms with Crippen LogP contribution in [-0.4, -0.2) is 28.3 Å². The molecule has 0 radical (unpaired) electrons. The summed E-state index contributed by atoms with van der Waals surface area (Å²) in [7, 11) is 0. The van der Waals surface area contributed by atoms with E-state index in [4.69, 9.17) is 0 Å². The van der Waals surface area contributed by atoms with Gasteiger partial charge in [0.15, 0.2) is 0 Å². The monoisotopic (exact) mass is 288 g/mol. The summed E-state index contributed by atoms with van der Waals surface area (Å²) >= 11 is 1.78. The zero-order valence-corrected chi connectivity index (χ0v) is 11.8. The topological polar surface area (TPSA) is 66.9 Å². The zero-order chi connectivity index (χ0) is 14.0. The molecule has 2 aromatic rings. The Bertz CT molecular complexity index is 521. The van der Waals surface area contributed by atoms with E-state index in [1.807, 2.05) is 18.2 Å². The summed E-state index contributed by atoms with van der Waals surface area (Å²) in [6.45, 7) is 0.624. The third kappa shape index (κ3) is 5.27. The number of hydrogen-bond acceptors (Lipinski definition) is 4. The van der Waals surface area contributed by atoms with E-state index < -0.39 is 0 Å². The molecular weight excluding hydrogens is 272 g/mol. The Morgan fingerprint density at radius 3 is 2.60 bits per heavy atom. The van der Waals surface area contributed by atoms with Gasteiger partial charge in [0.2, 0.25) is 5.95 Å². The lowest BCUT2D eigenvalue weighted by molar-refractivity contribution is 0.252. The molecule has 1 aromatic carbocycles. The van der Waals surface area contributed by atoms with Gasteiger partial charge in [-0.1, -0.05) is 18.2 Å². The van der Waals surface area contributed by atoms with Crippen LogP contribution in [0.2, 0.25) is 0 Å². The molecule has 2 rings (SSSR count). The van der Waals surface area contributed by atoms with Crippen molar-refractivity contribution in [2.24, 2.45) is 0 Å². The van der Waals surface area contributed by atoms with Gasteiger partial charge in [-0.15, -0.1) is 11.8 Å². The van der Waals surface area contributed by atoms with Gasteiger partial charge in [-0.05, 0) is 30.4 Å². The van der Waals surface area contributed by atoms with Crippen LogP contribution in [0.4, 0.5) is 10.7 Å². The average molecular weight is 288 g/mol. The second kappa shape index (κ2) is 8.16. The molecule has 0 aliphatic rings. The molecule has 6 heteroatoms. The third-order valence-corrected chi connectivity index (χ3v) is 3.51. The average Bonchev–Trinajstić information content (AvgIpc) is 2.49. The highest BCUT2D eigenvalue weighted by molar-refractivity contribution is 7.99. The summed E-state index contributed by atoms with van der Waals surface area (Å²) in [4.78, 5) is 20.6. The van der Waals surface area contributed by atoms with Crippen LogP contribution in [-0.2, 0) is 0 Å². The van der Waals surface area contributed by atoms with E-state index in [2.05, 4.69) is 32.7 Å². The molecule has 104 valence electrons. The highest BCUT2D eigenvalue weighted by Gasteiger charge is 2.01. The van der Waals surface area contributed by atoms with Crippen LogP contribution in [0.5, 0.6) is 0 Å². The zero-order valence-electron chi connectivity index (χ0n) is 11.0. The Hall–Kier alpha value is -2.08. The molecule has 1 aromatic heterocycles. The lowest BCUT2D eigenvalue weighted by Gasteiger charge is -2.06. The summed E-state index contributed by atoms with van der Waals surface area (Å²) in [6, 6.07) is 11.6. The first-order valence-corrected chi connectivity index (χ1v) is 7.33. The van der Waals surface area contributed by atoms with Gasteiger partial charge in [0.25, 0.3) is 0 Å². The van der Waals surface area contributed by atoms with Crippen molar-refractivity contribution >= 4 is 23.7 Å². The molecule has 0 atom stereocenters. The minimum atomic E-state index is -0.277.